The van der Waals surface area contributed by atoms with Crippen molar-refractivity contribution < 1.29 is 9.59 Å². The SMILES string of the molecule is Cc1cc(-c2ccc(C(=O)N3CCCN(CCCN4CCCN(C(=O)c5ccc(-c6cc(C)c(C)c(C)c6)cc5)CC4)CC3)cc2)cc(C)c1C. The summed E-state index contributed by atoms with van der Waals surface area (Å²) in [6.45, 7) is 22.1. The molecular formula is C45H56N4O2. The number of nitrogens with zero attached hydrogens (tertiary/aromatic N) is 4. The Kier molecular flexibility index (Phi) is 11.7. The van der Waals surface area contributed by atoms with Gasteiger partial charge in [-0.2, -0.15) is 0 Å². The van der Waals surface area contributed by atoms with E-state index in [1.54, 1.807) is 0 Å². The van der Waals surface area contributed by atoms with Gasteiger partial charge in [0.25, 0.3) is 11.8 Å². The van der Waals surface area contributed by atoms with Gasteiger partial charge in [-0.3, -0.25) is 9.59 Å². The lowest BCUT2D eigenvalue weighted by Crippen LogP contribution is -2.37. The maximum Gasteiger partial charge on any atom is 0.253 e. The quantitative estimate of drug-likeness (QED) is 0.188. The largest absolute Gasteiger partial charge is 0.337 e. The summed E-state index contributed by atoms with van der Waals surface area (Å²) in [5.74, 6) is 0.270. The first-order valence-electron chi connectivity index (χ1n) is 19.0. The summed E-state index contributed by atoms with van der Waals surface area (Å²) in [4.78, 5) is 36.0. The average Bonchev–Trinajstić information content (AvgIpc) is 3.53. The van der Waals surface area contributed by atoms with Crippen molar-refractivity contribution in [3.8, 4) is 22.3 Å². The minimum atomic E-state index is 0.135. The maximum atomic E-state index is 13.5. The van der Waals surface area contributed by atoms with E-state index in [0.29, 0.717) is 0 Å². The number of hydrogen-bond donors (Lipinski definition) is 0. The number of carbonyl (C=O) groups excluding carboxylic acids is 2. The summed E-state index contributed by atoms with van der Waals surface area (Å²) in [6.07, 6.45) is 3.09. The number of rotatable bonds is 8. The molecule has 0 N–H and O–H groups in total. The highest BCUT2D eigenvalue weighted by Crippen LogP contribution is 2.27. The lowest BCUT2D eigenvalue weighted by Gasteiger charge is -2.25. The van der Waals surface area contributed by atoms with Gasteiger partial charge < -0.3 is 19.6 Å². The van der Waals surface area contributed by atoms with Crippen molar-refractivity contribution in [3.63, 3.8) is 0 Å². The number of benzene rings is 4. The van der Waals surface area contributed by atoms with E-state index in [-0.39, 0.29) is 11.8 Å². The van der Waals surface area contributed by atoms with Crippen molar-refractivity contribution in [1.82, 2.24) is 19.6 Å². The lowest BCUT2D eigenvalue weighted by molar-refractivity contribution is 0.0755. The molecule has 0 unspecified atom stereocenters. The average molecular weight is 685 g/mol. The van der Waals surface area contributed by atoms with Crippen LogP contribution in [0.15, 0.2) is 72.8 Å². The fraction of sp³-hybridized carbons (Fsp3) is 0.422. The van der Waals surface area contributed by atoms with Gasteiger partial charge in [-0.1, -0.05) is 48.5 Å². The topological polar surface area (TPSA) is 47.1 Å². The van der Waals surface area contributed by atoms with Gasteiger partial charge in [-0.05, 0) is 167 Å². The molecule has 268 valence electrons. The van der Waals surface area contributed by atoms with E-state index in [1.165, 1.54) is 44.5 Å². The number of carbonyl (C=O) groups is 2. The van der Waals surface area contributed by atoms with Crippen LogP contribution in [0.1, 0.15) is 73.4 Å². The molecule has 2 aliphatic heterocycles. The zero-order valence-corrected chi connectivity index (χ0v) is 31.7. The molecule has 2 saturated heterocycles. The fourth-order valence-electron chi connectivity index (χ4n) is 7.69. The Balaban J connectivity index is 0.938. The van der Waals surface area contributed by atoms with E-state index in [9.17, 15) is 9.59 Å². The summed E-state index contributed by atoms with van der Waals surface area (Å²) in [5, 5.41) is 0. The van der Waals surface area contributed by atoms with Gasteiger partial charge in [0.1, 0.15) is 0 Å². The Morgan fingerprint density at radius 2 is 0.804 bits per heavy atom. The van der Waals surface area contributed by atoms with Crippen molar-refractivity contribution in [3.05, 3.63) is 117 Å². The molecule has 2 amide bonds. The Labute approximate surface area is 306 Å². The zero-order chi connectivity index (χ0) is 36.1. The van der Waals surface area contributed by atoms with Crippen molar-refractivity contribution in [2.75, 3.05) is 65.4 Å². The Morgan fingerprint density at radius 1 is 0.451 bits per heavy atom. The molecule has 0 atom stereocenters. The van der Waals surface area contributed by atoms with E-state index in [0.717, 1.165) is 107 Å². The standard InChI is InChI=1S/C45H56N4O2/c1-32-28-42(29-33(2)36(32)5)38-10-14-40(15-11-38)44(50)48-22-8-20-46(24-26-48)18-7-19-47-21-9-23-49(27-25-47)45(51)41-16-12-39(13-17-41)43-30-34(3)37(6)35(4)31-43/h10-17,28-31H,7-9,18-27H2,1-6H3. The summed E-state index contributed by atoms with van der Waals surface area (Å²) >= 11 is 0. The number of aryl methyl sites for hydroxylation is 4. The third kappa shape index (κ3) is 8.80. The monoisotopic (exact) mass is 684 g/mol. The molecule has 2 aliphatic rings. The van der Waals surface area contributed by atoms with Crippen molar-refractivity contribution in [1.29, 1.82) is 0 Å². The maximum absolute atomic E-state index is 13.5. The first kappa shape index (κ1) is 36.5. The van der Waals surface area contributed by atoms with Crippen LogP contribution >= 0.6 is 0 Å². The van der Waals surface area contributed by atoms with Crippen LogP contribution in [-0.2, 0) is 0 Å². The highest BCUT2D eigenvalue weighted by atomic mass is 16.2. The molecular weight excluding hydrogens is 629 g/mol. The molecule has 4 aromatic rings. The smallest absolute Gasteiger partial charge is 0.253 e. The van der Waals surface area contributed by atoms with Crippen LogP contribution < -0.4 is 0 Å². The van der Waals surface area contributed by atoms with Crippen LogP contribution in [0.25, 0.3) is 22.3 Å². The summed E-state index contributed by atoms with van der Waals surface area (Å²) in [7, 11) is 0. The molecule has 0 radical (unpaired) electrons. The first-order chi connectivity index (χ1) is 24.6. The Bertz CT molecular complexity index is 1660. The number of hydrogen-bond acceptors (Lipinski definition) is 4. The van der Waals surface area contributed by atoms with E-state index < -0.39 is 0 Å². The first-order valence-corrected chi connectivity index (χ1v) is 19.0. The molecule has 0 spiro atoms. The molecule has 2 fully saturated rings. The Hall–Kier alpha value is -4.26. The van der Waals surface area contributed by atoms with E-state index in [2.05, 4.69) is 99.9 Å². The molecule has 51 heavy (non-hydrogen) atoms. The molecule has 0 bridgehead atoms. The van der Waals surface area contributed by atoms with Crippen LogP contribution in [0.4, 0.5) is 0 Å². The molecule has 0 aliphatic carbocycles. The summed E-state index contributed by atoms with van der Waals surface area (Å²) < 4.78 is 0. The highest BCUT2D eigenvalue weighted by molar-refractivity contribution is 5.95. The van der Waals surface area contributed by atoms with Crippen LogP contribution in [0.5, 0.6) is 0 Å². The highest BCUT2D eigenvalue weighted by Gasteiger charge is 2.23. The predicted octanol–water partition coefficient (Wildman–Crippen LogP) is 8.26. The summed E-state index contributed by atoms with van der Waals surface area (Å²) in [6, 6.07) is 25.3. The molecule has 6 rings (SSSR count). The van der Waals surface area contributed by atoms with Gasteiger partial charge in [0.05, 0.1) is 0 Å². The van der Waals surface area contributed by atoms with E-state index in [4.69, 9.17) is 0 Å². The van der Waals surface area contributed by atoms with Crippen LogP contribution in [-0.4, -0.2) is 96.9 Å². The van der Waals surface area contributed by atoms with E-state index >= 15 is 0 Å². The van der Waals surface area contributed by atoms with Gasteiger partial charge in [0.2, 0.25) is 0 Å². The Morgan fingerprint density at radius 3 is 1.16 bits per heavy atom. The number of amides is 2. The molecule has 4 aromatic carbocycles. The fourth-order valence-corrected chi connectivity index (χ4v) is 7.69. The van der Waals surface area contributed by atoms with Gasteiger partial charge in [0.15, 0.2) is 0 Å². The molecule has 6 nitrogen and oxygen atoms in total. The van der Waals surface area contributed by atoms with Gasteiger partial charge in [-0.15, -0.1) is 0 Å². The van der Waals surface area contributed by atoms with Crippen LogP contribution in [0.2, 0.25) is 0 Å². The van der Waals surface area contributed by atoms with Gasteiger partial charge in [-0.25, -0.2) is 0 Å². The molecule has 2 heterocycles. The molecule has 0 saturated carbocycles. The normalized spacial score (nSPS) is 16.2. The molecule has 6 heteroatoms. The third-order valence-corrected chi connectivity index (χ3v) is 11.5. The second kappa shape index (κ2) is 16.4. The van der Waals surface area contributed by atoms with Crippen LogP contribution in [0, 0.1) is 41.5 Å². The zero-order valence-electron chi connectivity index (χ0n) is 31.7. The minimum Gasteiger partial charge on any atom is -0.337 e. The lowest BCUT2D eigenvalue weighted by atomic mass is 9.96. The van der Waals surface area contributed by atoms with Crippen LogP contribution in [0.3, 0.4) is 0 Å². The molecule has 0 aromatic heterocycles. The van der Waals surface area contributed by atoms with Crippen molar-refractivity contribution in [2.24, 2.45) is 0 Å². The second-order valence-corrected chi connectivity index (χ2v) is 15.0. The third-order valence-electron chi connectivity index (χ3n) is 11.5. The second-order valence-electron chi connectivity index (χ2n) is 15.0. The van der Waals surface area contributed by atoms with Crippen molar-refractivity contribution >= 4 is 11.8 Å². The van der Waals surface area contributed by atoms with E-state index in [1.807, 2.05) is 34.1 Å². The van der Waals surface area contributed by atoms with Gasteiger partial charge in [0, 0.05) is 50.4 Å². The summed E-state index contributed by atoms with van der Waals surface area (Å²) in [5.41, 5.74) is 14.1. The minimum absolute atomic E-state index is 0.135. The van der Waals surface area contributed by atoms with Gasteiger partial charge >= 0.3 is 0 Å². The van der Waals surface area contributed by atoms with Crippen molar-refractivity contribution in [2.45, 2.75) is 60.8 Å². The predicted molar refractivity (Wildman–Crippen MR) is 211 cm³/mol.